The summed E-state index contributed by atoms with van der Waals surface area (Å²) in [6.45, 7) is 0. The second-order valence-electron chi connectivity index (χ2n) is 11.7. The van der Waals surface area contributed by atoms with Gasteiger partial charge in [-0.15, -0.1) is 0 Å². The van der Waals surface area contributed by atoms with Crippen LogP contribution in [0, 0.1) is 0 Å². The van der Waals surface area contributed by atoms with Crippen molar-refractivity contribution in [3.05, 3.63) is 170 Å². The molecule has 50 heavy (non-hydrogen) atoms. The Balaban J connectivity index is 1.26. The maximum Gasteiger partial charge on any atom is 0.164 e. The van der Waals surface area contributed by atoms with Gasteiger partial charge in [-0.3, -0.25) is 0 Å². The Morgan fingerprint density at radius 2 is 1.04 bits per heavy atom. The van der Waals surface area contributed by atoms with E-state index in [1.165, 1.54) is 0 Å². The van der Waals surface area contributed by atoms with Crippen LogP contribution in [0.5, 0.6) is 0 Å². The molecule has 0 fully saturated rings. The number of benzene rings is 7. The summed E-state index contributed by atoms with van der Waals surface area (Å²) < 4.78 is 93.4. The standard InChI is InChI=1S/C45H28N4O/c1-4-14-29(15-5-1)33-26-27-39(49-37-22-12-10-20-34(37)35-21-11-13-23-38(35)49)41-36-25-24-32(28-40(36)50-42(33)41)45-47-43(30-16-6-2-7-17-30)46-44(48-45)31-18-8-3-9-19-31/h1-28H/i2D,3D,6D,7D,8D,9D,16D,17D,18D,19D. The topological polar surface area (TPSA) is 56.7 Å². The van der Waals surface area contributed by atoms with E-state index in [9.17, 15) is 0 Å². The van der Waals surface area contributed by atoms with Gasteiger partial charge < -0.3 is 8.98 Å². The van der Waals surface area contributed by atoms with E-state index in [0.29, 0.717) is 16.7 Å². The molecule has 0 saturated carbocycles. The summed E-state index contributed by atoms with van der Waals surface area (Å²) in [5.74, 6) is -0.742. The minimum atomic E-state index is -0.616. The third-order valence-electron chi connectivity index (χ3n) is 8.85. The third kappa shape index (κ3) is 4.52. The molecule has 5 nitrogen and oxygen atoms in total. The maximum atomic E-state index is 8.70. The fraction of sp³-hybridized carbons (Fsp3) is 0. The van der Waals surface area contributed by atoms with Crippen molar-refractivity contribution >= 4 is 43.7 Å². The smallest absolute Gasteiger partial charge is 0.164 e. The normalized spacial score (nSPS) is 14.4. The van der Waals surface area contributed by atoms with E-state index >= 15 is 0 Å². The van der Waals surface area contributed by atoms with Crippen LogP contribution in [0.15, 0.2) is 174 Å². The molecule has 0 aliphatic carbocycles. The minimum absolute atomic E-state index is 0.0538. The van der Waals surface area contributed by atoms with E-state index in [-0.39, 0.29) is 28.6 Å². The van der Waals surface area contributed by atoms with Crippen LogP contribution in [0.25, 0.3) is 94.7 Å². The lowest BCUT2D eigenvalue weighted by molar-refractivity contribution is 0.670. The second-order valence-corrected chi connectivity index (χ2v) is 11.7. The Hall–Kier alpha value is -6.85. The summed E-state index contributed by atoms with van der Waals surface area (Å²) >= 11 is 0. The third-order valence-corrected chi connectivity index (χ3v) is 8.85. The van der Waals surface area contributed by atoms with Crippen molar-refractivity contribution in [1.82, 2.24) is 19.5 Å². The van der Waals surface area contributed by atoms with Crippen LogP contribution in [0.2, 0.25) is 0 Å². The van der Waals surface area contributed by atoms with E-state index in [1.54, 1.807) is 12.1 Å². The molecular formula is C45H28N4O. The van der Waals surface area contributed by atoms with Crippen LogP contribution < -0.4 is 0 Å². The van der Waals surface area contributed by atoms with Crippen molar-refractivity contribution in [3.63, 3.8) is 0 Å². The van der Waals surface area contributed by atoms with Crippen LogP contribution in [0.4, 0.5) is 0 Å². The molecule has 0 radical (unpaired) electrons. The zero-order valence-electron chi connectivity index (χ0n) is 36.1. The lowest BCUT2D eigenvalue weighted by Gasteiger charge is -2.12. The molecule has 3 heterocycles. The quantitative estimate of drug-likeness (QED) is 0.186. The summed E-state index contributed by atoms with van der Waals surface area (Å²) in [6, 6.07) is 29.9. The SMILES string of the molecule is [2H]c1c([2H])c([2H])c(-c2nc(-c3ccc4c(c3)oc3c(-c5ccccc5)ccc(-n5c6ccccc6c6ccccc65)c34)nc(-c3c([2H])c([2H])c([2H])c([2H])c3[2H])n2)c([2H])c1[2H]. The average molecular weight is 651 g/mol. The van der Waals surface area contributed by atoms with Crippen LogP contribution in [0.3, 0.4) is 0 Å². The molecule has 7 aromatic carbocycles. The molecule has 5 heteroatoms. The molecule has 10 rings (SSSR count). The zero-order valence-corrected chi connectivity index (χ0v) is 26.1. The highest BCUT2D eigenvalue weighted by molar-refractivity contribution is 6.17. The van der Waals surface area contributed by atoms with Gasteiger partial charge in [0.05, 0.1) is 35.8 Å². The number of fused-ring (bicyclic) bond motifs is 6. The lowest BCUT2D eigenvalue weighted by Crippen LogP contribution is -2.00. The molecule has 0 aliphatic heterocycles. The first-order valence-corrected chi connectivity index (χ1v) is 15.9. The predicted molar refractivity (Wildman–Crippen MR) is 203 cm³/mol. The van der Waals surface area contributed by atoms with Crippen molar-refractivity contribution < 1.29 is 18.1 Å². The van der Waals surface area contributed by atoms with E-state index < -0.39 is 60.4 Å². The van der Waals surface area contributed by atoms with Gasteiger partial charge in [0.2, 0.25) is 0 Å². The molecule has 0 atom stereocenters. The highest BCUT2D eigenvalue weighted by Crippen LogP contribution is 2.43. The van der Waals surface area contributed by atoms with Crippen LogP contribution >= 0.6 is 0 Å². The van der Waals surface area contributed by atoms with Gasteiger partial charge in [-0.1, -0.05) is 133 Å². The van der Waals surface area contributed by atoms with Gasteiger partial charge in [-0.25, -0.2) is 15.0 Å². The molecule has 0 amide bonds. The molecule has 3 aromatic heterocycles. The molecule has 0 aliphatic rings. The van der Waals surface area contributed by atoms with Crippen molar-refractivity contribution in [2.75, 3.05) is 0 Å². The number of hydrogen-bond acceptors (Lipinski definition) is 4. The minimum Gasteiger partial charge on any atom is -0.455 e. The number of rotatable bonds is 5. The Morgan fingerprint density at radius 1 is 0.480 bits per heavy atom. The van der Waals surface area contributed by atoms with E-state index in [4.69, 9.17) is 18.1 Å². The Bertz CT molecular complexity index is 3260. The largest absolute Gasteiger partial charge is 0.455 e. The number of furan rings is 1. The maximum absolute atomic E-state index is 8.70. The average Bonchev–Trinajstić information content (AvgIpc) is 3.82. The summed E-state index contributed by atoms with van der Waals surface area (Å²) in [6.07, 6.45) is 0. The molecular weight excluding hydrogens is 613 g/mol. The van der Waals surface area contributed by atoms with Crippen molar-refractivity contribution in [2.24, 2.45) is 0 Å². The monoisotopic (exact) mass is 650 g/mol. The lowest BCUT2D eigenvalue weighted by atomic mass is 10.0. The van der Waals surface area contributed by atoms with Gasteiger partial charge in [0.1, 0.15) is 11.2 Å². The zero-order chi connectivity index (χ0) is 41.7. The summed E-state index contributed by atoms with van der Waals surface area (Å²) in [4.78, 5) is 13.7. The summed E-state index contributed by atoms with van der Waals surface area (Å²) in [5.41, 5.74) is 5.50. The van der Waals surface area contributed by atoms with Gasteiger partial charge in [-0.05, 0) is 42.0 Å². The molecule has 0 spiro atoms. The van der Waals surface area contributed by atoms with Gasteiger partial charge in [0.15, 0.2) is 17.5 Å². The summed E-state index contributed by atoms with van der Waals surface area (Å²) in [5, 5.41) is 3.82. The number of para-hydroxylation sites is 2. The highest BCUT2D eigenvalue weighted by atomic mass is 16.3. The molecule has 0 N–H and O–H groups in total. The Morgan fingerprint density at radius 3 is 1.66 bits per heavy atom. The van der Waals surface area contributed by atoms with Gasteiger partial charge in [0, 0.05) is 38.4 Å². The molecule has 0 saturated heterocycles. The van der Waals surface area contributed by atoms with Crippen molar-refractivity contribution in [3.8, 4) is 51.0 Å². The molecule has 234 valence electrons. The van der Waals surface area contributed by atoms with E-state index in [1.807, 2.05) is 66.7 Å². The number of aromatic nitrogens is 4. The fourth-order valence-corrected chi connectivity index (χ4v) is 6.67. The first kappa shape index (κ1) is 19.8. The van der Waals surface area contributed by atoms with E-state index in [2.05, 4.69) is 49.9 Å². The number of nitrogens with zero attached hydrogens (tertiary/aromatic N) is 4. The molecule has 0 unspecified atom stereocenters. The van der Waals surface area contributed by atoms with Crippen LogP contribution in [-0.4, -0.2) is 19.5 Å². The number of hydrogen-bond donors (Lipinski definition) is 0. The van der Waals surface area contributed by atoms with Gasteiger partial charge >= 0.3 is 0 Å². The highest BCUT2D eigenvalue weighted by Gasteiger charge is 2.21. The first-order valence-electron chi connectivity index (χ1n) is 20.9. The van der Waals surface area contributed by atoms with E-state index in [0.717, 1.165) is 49.4 Å². The second kappa shape index (κ2) is 11.4. The molecule has 0 bridgehead atoms. The Labute approximate surface area is 301 Å². The predicted octanol–water partition coefficient (Wildman–Crippen LogP) is 11.5. The van der Waals surface area contributed by atoms with Gasteiger partial charge in [-0.2, -0.15) is 0 Å². The van der Waals surface area contributed by atoms with Crippen LogP contribution in [0.1, 0.15) is 13.7 Å². The summed E-state index contributed by atoms with van der Waals surface area (Å²) in [7, 11) is 0. The van der Waals surface area contributed by atoms with Crippen molar-refractivity contribution in [2.45, 2.75) is 0 Å². The van der Waals surface area contributed by atoms with Gasteiger partial charge in [0.25, 0.3) is 0 Å². The van der Waals surface area contributed by atoms with Crippen LogP contribution in [-0.2, 0) is 0 Å². The first-order chi connectivity index (χ1) is 28.9. The van der Waals surface area contributed by atoms with Crippen molar-refractivity contribution in [1.29, 1.82) is 0 Å². The Kier molecular flexibility index (Phi) is 4.52. The fourth-order valence-electron chi connectivity index (χ4n) is 6.67. The molecule has 10 aromatic rings.